The van der Waals surface area contributed by atoms with Crippen LogP contribution in [-0.2, 0) is 11.3 Å². The minimum absolute atomic E-state index is 0.128. The number of ether oxygens (including phenoxy) is 2. The maximum absolute atomic E-state index is 12.2. The minimum Gasteiger partial charge on any atom is -0.445 e. The van der Waals surface area contributed by atoms with Gasteiger partial charge in [0, 0.05) is 6.54 Å². The Kier molecular flexibility index (Phi) is 7.55. The molecule has 0 radical (unpaired) electrons. The summed E-state index contributed by atoms with van der Waals surface area (Å²) in [5, 5.41) is 2.73. The summed E-state index contributed by atoms with van der Waals surface area (Å²) >= 11 is 5.93. The fraction of sp³-hybridized carbons (Fsp3) is 0.211. The van der Waals surface area contributed by atoms with E-state index in [-0.39, 0.29) is 17.4 Å². The number of carbonyl (C=O) groups is 1. The molecule has 144 valence electrons. The summed E-state index contributed by atoms with van der Waals surface area (Å²) in [5.74, 6) is -0.382. The number of nitrogens with one attached hydrogen (secondary N) is 1. The third-order valence-electron chi connectivity index (χ3n) is 3.30. The fourth-order valence-corrected chi connectivity index (χ4v) is 2.32. The van der Waals surface area contributed by atoms with Crippen LogP contribution in [0.3, 0.4) is 0 Å². The van der Waals surface area contributed by atoms with Crippen LogP contribution < -0.4 is 10.1 Å². The Morgan fingerprint density at radius 2 is 1.89 bits per heavy atom. The summed E-state index contributed by atoms with van der Waals surface area (Å²) < 4.78 is 45.3. The van der Waals surface area contributed by atoms with E-state index in [1.165, 1.54) is 12.1 Å². The average Bonchev–Trinajstić information content (AvgIpc) is 2.61. The van der Waals surface area contributed by atoms with Gasteiger partial charge in [-0.15, -0.1) is 13.2 Å². The Labute approximate surface area is 159 Å². The summed E-state index contributed by atoms with van der Waals surface area (Å²) in [7, 11) is 0. The lowest BCUT2D eigenvalue weighted by molar-refractivity contribution is -0.274. The molecule has 0 spiro atoms. The average molecular weight is 400 g/mol. The third kappa shape index (κ3) is 8.04. The Balaban J connectivity index is 1.71. The highest BCUT2D eigenvalue weighted by molar-refractivity contribution is 6.32. The topological polar surface area (TPSA) is 47.6 Å². The molecular weight excluding hydrogens is 383 g/mol. The van der Waals surface area contributed by atoms with E-state index in [4.69, 9.17) is 16.3 Å². The van der Waals surface area contributed by atoms with Crippen molar-refractivity contribution >= 4 is 23.8 Å². The molecule has 4 nitrogen and oxygen atoms in total. The Bertz CT molecular complexity index is 780. The van der Waals surface area contributed by atoms with Gasteiger partial charge in [-0.2, -0.15) is 0 Å². The number of rotatable bonds is 7. The molecule has 0 atom stereocenters. The molecule has 0 fully saturated rings. The van der Waals surface area contributed by atoms with Crippen LogP contribution in [0.25, 0.3) is 6.08 Å². The zero-order chi connectivity index (χ0) is 19.7. The maximum Gasteiger partial charge on any atom is 0.573 e. The number of alkyl halides is 3. The zero-order valence-corrected chi connectivity index (χ0v) is 14.9. The fourth-order valence-electron chi connectivity index (χ4n) is 2.08. The summed E-state index contributed by atoms with van der Waals surface area (Å²) in [4.78, 5) is 11.6. The first-order valence-electron chi connectivity index (χ1n) is 8.00. The van der Waals surface area contributed by atoms with E-state index < -0.39 is 12.5 Å². The summed E-state index contributed by atoms with van der Waals surface area (Å²) in [6.45, 7) is 0.529. The van der Waals surface area contributed by atoms with E-state index in [1.807, 2.05) is 30.3 Å². The molecule has 0 saturated heterocycles. The number of benzene rings is 2. The maximum atomic E-state index is 12.2. The lowest BCUT2D eigenvalue weighted by Crippen LogP contribution is -2.24. The lowest BCUT2D eigenvalue weighted by Gasteiger charge is -2.09. The van der Waals surface area contributed by atoms with Crippen molar-refractivity contribution in [3.8, 4) is 5.75 Å². The largest absolute Gasteiger partial charge is 0.573 e. The van der Waals surface area contributed by atoms with E-state index in [1.54, 1.807) is 12.2 Å². The zero-order valence-electron chi connectivity index (χ0n) is 14.1. The molecule has 1 amide bonds. The van der Waals surface area contributed by atoms with Crippen LogP contribution in [0.2, 0.25) is 5.02 Å². The summed E-state index contributed by atoms with van der Waals surface area (Å²) in [6.07, 6.45) is -1.41. The highest BCUT2D eigenvalue weighted by atomic mass is 35.5. The molecule has 2 aromatic rings. The molecular formula is C19H17ClF3NO3. The van der Waals surface area contributed by atoms with Gasteiger partial charge >= 0.3 is 12.5 Å². The van der Waals surface area contributed by atoms with Gasteiger partial charge in [0.05, 0.1) is 5.02 Å². The molecule has 27 heavy (non-hydrogen) atoms. The van der Waals surface area contributed by atoms with E-state index in [2.05, 4.69) is 10.1 Å². The quantitative estimate of drug-likeness (QED) is 0.619. The molecule has 0 aliphatic carbocycles. The SMILES string of the molecule is O=C(NCCC=Cc1ccc(OC(F)(F)F)cc1Cl)OCc1ccccc1. The minimum atomic E-state index is -4.76. The second-order valence-corrected chi connectivity index (χ2v) is 5.82. The molecule has 0 saturated carbocycles. The van der Waals surface area contributed by atoms with Gasteiger partial charge in [0.25, 0.3) is 0 Å². The van der Waals surface area contributed by atoms with Gasteiger partial charge in [0.1, 0.15) is 12.4 Å². The highest BCUT2D eigenvalue weighted by Crippen LogP contribution is 2.28. The Morgan fingerprint density at radius 1 is 1.15 bits per heavy atom. The first-order chi connectivity index (χ1) is 12.8. The van der Waals surface area contributed by atoms with Gasteiger partial charge in [0.15, 0.2) is 0 Å². The van der Waals surface area contributed by atoms with Crippen molar-refractivity contribution in [2.75, 3.05) is 6.54 Å². The predicted molar refractivity (Wildman–Crippen MR) is 96.4 cm³/mol. The Morgan fingerprint density at radius 3 is 2.56 bits per heavy atom. The molecule has 0 heterocycles. The van der Waals surface area contributed by atoms with Gasteiger partial charge < -0.3 is 14.8 Å². The molecule has 0 aliphatic rings. The third-order valence-corrected chi connectivity index (χ3v) is 3.62. The lowest BCUT2D eigenvalue weighted by atomic mass is 10.2. The molecule has 8 heteroatoms. The van der Waals surface area contributed by atoms with Crippen LogP contribution in [-0.4, -0.2) is 19.0 Å². The molecule has 0 aromatic heterocycles. The van der Waals surface area contributed by atoms with Gasteiger partial charge in [-0.25, -0.2) is 4.79 Å². The van der Waals surface area contributed by atoms with Crippen molar-refractivity contribution in [2.24, 2.45) is 0 Å². The van der Waals surface area contributed by atoms with Crippen molar-refractivity contribution < 1.29 is 27.4 Å². The number of halogens is 4. The molecule has 2 aromatic carbocycles. The molecule has 0 aliphatic heterocycles. The molecule has 0 bridgehead atoms. The highest BCUT2D eigenvalue weighted by Gasteiger charge is 2.31. The van der Waals surface area contributed by atoms with Gasteiger partial charge in [0.2, 0.25) is 0 Å². The van der Waals surface area contributed by atoms with Crippen LogP contribution in [0.15, 0.2) is 54.6 Å². The van der Waals surface area contributed by atoms with Crippen LogP contribution in [0, 0.1) is 0 Å². The van der Waals surface area contributed by atoms with Crippen molar-refractivity contribution in [1.82, 2.24) is 5.32 Å². The summed E-state index contributed by atoms with van der Waals surface area (Å²) in [5.41, 5.74) is 1.43. The predicted octanol–water partition coefficient (Wildman–Crippen LogP) is 5.57. The number of amides is 1. The normalized spacial score (nSPS) is 11.4. The second kappa shape index (κ2) is 9.87. The van der Waals surface area contributed by atoms with E-state index in [9.17, 15) is 18.0 Å². The molecule has 1 N–H and O–H groups in total. The number of carbonyl (C=O) groups excluding carboxylic acids is 1. The van der Waals surface area contributed by atoms with Crippen molar-refractivity contribution in [3.05, 3.63) is 70.8 Å². The van der Waals surface area contributed by atoms with Gasteiger partial charge in [-0.1, -0.05) is 54.1 Å². The molecule has 2 rings (SSSR count). The van der Waals surface area contributed by atoms with E-state index >= 15 is 0 Å². The van der Waals surface area contributed by atoms with Gasteiger partial charge in [-0.05, 0) is 35.7 Å². The smallest absolute Gasteiger partial charge is 0.445 e. The first-order valence-corrected chi connectivity index (χ1v) is 8.38. The van der Waals surface area contributed by atoms with Crippen LogP contribution in [0.4, 0.5) is 18.0 Å². The van der Waals surface area contributed by atoms with Crippen LogP contribution >= 0.6 is 11.6 Å². The van der Waals surface area contributed by atoms with E-state index in [0.717, 1.165) is 11.6 Å². The Hall–Kier alpha value is -2.67. The van der Waals surface area contributed by atoms with Crippen molar-refractivity contribution in [2.45, 2.75) is 19.4 Å². The van der Waals surface area contributed by atoms with Crippen LogP contribution in [0.1, 0.15) is 17.5 Å². The molecule has 0 unspecified atom stereocenters. The first kappa shape index (κ1) is 20.6. The second-order valence-electron chi connectivity index (χ2n) is 5.41. The van der Waals surface area contributed by atoms with E-state index in [0.29, 0.717) is 18.5 Å². The standard InChI is InChI=1S/C19H17ClF3NO3/c20-17-12-16(27-19(21,22)23)10-9-15(17)8-4-5-11-24-18(25)26-13-14-6-2-1-3-7-14/h1-4,6-10,12H,5,11,13H2,(H,24,25). The number of hydrogen-bond acceptors (Lipinski definition) is 3. The van der Waals surface area contributed by atoms with Gasteiger partial charge in [-0.3, -0.25) is 0 Å². The number of hydrogen-bond donors (Lipinski definition) is 1. The van der Waals surface area contributed by atoms with Crippen molar-refractivity contribution in [3.63, 3.8) is 0 Å². The number of alkyl carbamates (subject to hydrolysis) is 1. The van der Waals surface area contributed by atoms with Crippen LogP contribution in [0.5, 0.6) is 5.75 Å². The van der Waals surface area contributed by atoms with Crippen molar-refractivity contribution in [1.29, 1.82) is 0 Å². The monoisotopic (exact) mass is 399 g/mol. The summed E-state index contributed by atoms with van der Waals surface area (Å²) in [6, 6.07) is 13.0.